The van der Waals surface area contributed by atoms with E-state index in [9.17, 15) is 9.59 Å². The number of H-pyrrole nitrogens is 1. The van der Waals surface area contributed by atoms with Crippen molar-refractivity contribution in [1.82, 2.24) is 25.1 Å². The summed E-state index contributed by atoms with van der Waals surface area (Å²) < 4.78 is 5.74. The fourth-order valence-corrected chi connectivity index (χ4v) is 3.01. The largest absolute Gasteiger partial charge is 0.423 e. The minimum atomic E-state index is -0.658. The van der Waals surface area contributed by atoms with Crippen molar-refractivity contribution in [3.8, 4) is 11.8 Å². The number of nitrogens with two attached hydrogens (primary N) is 1. The van der Waals surface area contributed by atoms with E-state index < -0.39 is 11.9 Å². The van der Waals surface area contributed by atoms with Gasteiger partial charge in [-0.05, 0) is 37.3 Å². The lowest BCUT2D eigenvalue weighted by Gasteiger charge is -2.11. The van der Waals surface area contributed by atoms with Gasteiger partial charge in [-0.15, -0.1) is 0 Å². The maximum atomic E-state index is 12.2. The summed E-state index contributed by atoms with van der Waals surface area (Å²) in [5, 5.41) is 15.0. The minimum absolute atomic E-state index is 0.0372. The third-order valence-corrected chi connectivity index (χ3v) is 4.55. The van der Waals surface area contributed by atoms with Crippen LogP contribution >= 0.6 is 11.6 Å². The highest BCUT2D eigenvalue weighted by atomic mass is 35.5. The molecule has 0 aliphatic carbocycles. The van der Waals surface area contributed by atoms with Crippen LogP contribution in [-0.2, 0) is 0 Å². The van der Waals surface area contributed by atoms with Gasteiger partial charge in [0.25, 0.3) is 5.91 Å². The molecule has 0 saturated heterocycles. The number of nitrogens with one attached hydrogen (secondary N) is 4. The van der Waals surface area contributed by atoms with E-state index in [0.717, 1.165) is 0 Å². The number of carbonyl (C=O) groups excluding carboxylic acids is 2. The minimum Gasteiger partial charge on any atom is -0.423 e. The monoisotopic (exact) mass is 479 g/mol. The molecule has 172 valence electrons. The Bertz CT molecular complexity index is 1340. The summed E-state index contributed by atoms with van der Waals surface area (Å²) in [7, 11) is 0. The van der Waals surface area contributed by atoms with Crippen LogP contribution in [0.3, 0.4) is 0 Å². The third-order valence-electron chi connectivity index (χ3n) is 4.26. The molecule has 0 saturated carbocycles. The van der Waals surface area contributed by atoms with E-state index in [1.165, 1.54) is 12.1 Å². The van der Waals surface area contributed by atoms with E-state index in [-0.39, 0.29) is 22.5 Å². The molecule has 12 nitrogen and oxygen atoms in total. The second-order valence-corrected chi connectivity index (χ2v) is 7.30. The van der Waals surface area contributed by atoms with Gasteiger partial charge in [0.2, 0.25) is 0 Å². The van der Waals surface area contributed by atoms with Gasteiger partial charge in [-0.25, -0.2) is 9.78 Å². The Hall–Kier alpha value is -4.71. The van der Waals surface area contributed by atoms with Crippen LogP contribution in [0, 0.1) is 6.92 Å². The predicted molar refractivity (Wildman–Crippen MR) is 126 cm³/mol. The van der Waals surface area contributed by atoms with Crippen LogP contribution in [0.5, 0.6) is 11.8 Å². The van der Waals surface area contributed by atoms with Crippen molar-refractivity contribution in [3.05, 3.63) is 71.3 Å². The molecule has 6 N–H and O–H groups in total. The van der Waals surface area contributed by atoms with E-state index in [4.69, 9.17) is 22.1 Å². The highest BCUT2D eigenvalue weighted by Gasteiger charge is 2.12. The first-order valence-corrected chi connectivity index (χ1v) is 10.2. The van der Waals surface area contributed by atoms with Crippen LogP contribution in [0.15, 0.2) is 54.9 Å². The van der Waals surface area contributed by atoms with Crippen molar-refractivity contribution >= 4 is 46.5 Å². The number of ether oxygens (including phenoxy) is 1. The van der Waals surface area contributed by atoms with Gasteiger partial charge in [-0.3, -0.25) is 14.9 Å². The Labute approximate surface area is 197 Å². The normalized spacial score (nSPS) is 10.4. The average Bonchev–Trinajstić information content (AvgIpc) is 3.25. The highest BCUT2D eigenvalue weighted by Crippen LogP contribution is 2.31. The Kier molecular flexibility index (Phi) is 6.50. The lowest BCUT2D eigenvalue weighted by Crippen LogP contribution is -2.19. The molecule has 0 atom stereocenters. The summed E-state index contributed by atoms with van der Waals surface area (Å²) >= 11 is 6.33. The molecule has 0 fully saturated rings. The predicted octanol–water partition coefficient (Wildman–Crippen LogP) is 3.84. The van der Waals surface area contributed by atoms with Crippen LogP contribution in [0.2, 0.25) is 5.02 Å². The Balaban J connectivity index is 1.43. The molecule has 13 heteroatoms. The molecule has 0 aliphatic heterocycles. The lowest BCUT2D eigenvalue weighted by molar-refractivity contribution is 0.0995. The number of anilines is 4. The highest BCUT2D eigenvalue weighted by molar-refractivity contribution is 6.32. The van der Waals surface area contributed by atoms with Gasteiger partial charge in [0.1, 0.15) is 17.4 Å². The van der Waals surface area contributed by atoms with Crippen molar-refractivity contribution in [1.29, 1.82) is 0 Å². The number of amides is 3. The maximum absolute atomic E-state index is 12.2. The van der Waals surface area contributed by atoms with Gasteiger partial charge in [0.05, 0.1) is 5.02 Å². The van der Waals surface area contributed by atoms with Crippen LogP contribution in [-0.4, -0.2) is 37.1 Å². The number of hydrogen-bond acceptors (Lipinski definition) is 8. The molecular weight excluding hydrogens is 462 g/mol. The maximum Gasteiger partial charge on any atom is 0.324 e. The summed E-state index contributed by atoms with van der Waals surface area (Å²) in [5.74, 6) is 0.436. The zero-order chi connectivity index (χ0) is 24.1. The molecule has 0 radical (unpaired) electrons. The van der Waals surface area contributed by atoms with Crippen molar-refractivity contribution in [2.45, 2.75) is 6.92 Å². The standard InChI is InChI=1S/C21H18ClN9O3/c1-11-8-17(28-18-10-15(19(23)32)30-31-18)29-21(25-11)34-16-3-2-13(9-14(16)22)27-20(33)26-12-4-6-24-7-5-12/h2-10H,1H3,(H2,23,32)(H2,24,26,27,33)(H2,25,28,29,30,31). The molecule has 3 amide bonds. The number of halogens is 1. The number of benzene rings is 1. The van der Waals surface area contributed by atoms with Crippen LogP contribution in [0.1, 0.15) is 16.2 Å². The first-order chi connectivity index (χ1) is 16.4. The summed E-state index contributed by atoms with van der Waals surface area (Å²) in [4.78, 5) is 35.8. The van der Waals surface area contributed by atoms with E-state index in [1.54, 1.807) is 49.6 Å². The zero-order valence-corrected chi connectivity index (χ0v) is 18.4. The number of nitrogens with zero attached hydrogens (tertiary/aromatic N) is 4. The van der Waals surface area contributed by atoms with Gasteiger partial charge in [-0.1, -0.05) is 11.6 Å². The number of aromatic amines is 1. The second kappa shape index (κ2) is 9.83. The first kappa shape index (κ1) is 22.5. The Morgan fingerprint density at radius 1 is 1.03 bits per heavy atom. The molecule has 3 aromatic heterocycles. The number of primary amides is 1. The molecule has 34 heavy (non-hydrogen) atoms. The summed E-state index contributed by atoms with van der Waals surface area (Å²) in [6, 6.07) is 10.8. The Morgan fingerprint density at radius 2 is 1.79 bits per heavy atom. The van der Waals surface area contributed by atoms with E-state index in [0.29, 0.717) is 28.7 Å². The fourth-order valence-electron chi connectivity index (χ4n) is 2.79. The molecule has 0 bridgehead atoms. The smallest absolute Gasteiger partial charge is 0.324 e. The van der Waals surface area contributed by atoms with Crippen molar-refractivity contribution in [2.75, 3.05) is 16.0 Å². The SMILES string of the molecule is Cc1cc(Nc2cc(C(N)=O)n[nH]2)nc(Oc2ccc(NC(=O)Nc3ccncc3)cc2Cl)n1. The molecule has 3 heterocycles. The quantitative estimate of drug-likeness (QED) is 0.266. The van der Waals surface area contributed by atoms with Gasteiger partial charge in [0.15, 0.2) is 5.69 Å². The van der Waals surface area contributed by atoms with Gasteiger partial charge < -0.3 is 26.4 Å². The van der Waals surface area contributed by atoms with Crippen LogP contribution in [0.4, 0.5) is 27.8 Å². The van der Waals surface area contributed by atoms with E-state index in [1.807, 2.05) is 0 Å². The molecule has 0 aliphatic rings. The van der Waals surface area contributed by atoms with Crippen molar-refractivity contribution < 1.29 is 14.3 Å². The van der Waals surface area contributed by atoms with Gasteiger partial charge in [0, 0.05) is 41.6 Å². The Morgan fingerprint density at radius 3 is 2.50 bits per heavy atom. The van der Waals surface area contributed by atoms with Crippen LogP contribution < -0.4 is 26.4 Å². The molecular formula is C21H18ClN9O3. The molecule has 0 spiro atoms. The van der Waals surface area contributed by atoms with Gasteiger partial charge in [-0.2, -0.15) is 10.1 Å². The number of urea groups is 1. The number of aryl methyl sites for hydroxylation is 1. The lowest BCUT2D eigenvalue weighted by atomic mass is 10.3. The summed E-state index contributed by atoms with van der Waals surface area (Å²) in [5.41, 5.74) is 6.96. The third kappa shape index (κ3) is 5.75. The zero-order valence-electron chi connectivity index (χ0n) is 17.7. The summed E-state index contributed by atoms with van der Waals surface area (Å²) in [6.45, 7) is 1.76. The number of aromatic nitrogens is 5. The summed E-state index contributed by atoms with van der Waals surface area (Å²) in [6.07, 6.45) is 3.14. The van der Waals surface area contributed by atoms with Gasteiger partial charge >= 0.3 is 12.0 Å². The molecule has 0 unspecified atom stereocenters. The van der Waals surface area contributed by atoms with Crippen molar-refractivity contribution in [2.24, 2.45) is 5.73 Å². The molecule has 1 aromatic carbocycles. The number of pyridine rings is 1. The average molecular weight is 480 g/mol. The topological polar surface area (TPSA) is 173 Å². The van der Waals surface area contributed by atoms with Crippen LogP contribution in [0.25, 0.3) is 0 Å². The second-order valence-electron chi connectivity index (χ2n) is 6.90. The molecule has 4 aromatic rings. The fraction of sp³-hybridized carbons (Fsp3) is 0.0476. The molecule has 4 rings (SSSR count). The number of carbonyl (C=O) groups is 2. The van der Waals surface area contributed by atoms with E-state index in [2.05, 4.69) is 41.1 Å². The number of rotatable bonds is 7. The van der Waals surface area contributed by atoms with E-state index >= 15 is 0 Å². The first-order valence-electron chi connectivity index (χ1n) is 9.79. The number of hydrogen-bond donors (Lipinski definition) is 5. The van der Waals surface area contributed by atoms with Crippen molar-refractivity contribution in [3.63, 3.8) is 0 Å².